The number of carbonyl (C=O) groups is 1. The number of hydrogen-bond donors (Lipinski definition) is 2. The van der Waals surface area contributed by atoms with Crippen LogP contribution in [0.4, 0.5) is 16.2 Å². The highest BCUT2D eigenvalue weighted by atomic mass is 32.2. The van der Waals surface area contributed by atoms with Crippen molar-refractivity contribution in [2.45, 2.75) is 13.5 Å². The Labute approximate surface area is 153 Å². The maximum atomic E-state index is 12.5. The molecule has 1 aromatic heterocycles. The van der Waals surface area contributed by atoms with Gasteiger partial charge in [0.1, 0.15) is 5.75 Å². The fourth-order valence-corrected chi connectivity index (χ4v) is 2.89. The first-order valence-electron chi connectivity index (χ1n) is 8.01. The van der Waals surface area contributed by atoms with Crippen LogP contribution in [0.2, 0.25) is 0 Å². The highest BCUT2D eigenvalue weighted by molar-refractivity contribution is 7.92. The van der Waals surface area contributed by atoms with Gasteiger partial charge in [0.2, 0.25) is 10.0 Å². The van der Waals surface area contributed by atoms with Gasteiger partial charge in [-0.25, -0.2) is 13.2 Å². The summed E-state index contributed by atoms with van der Waals surface area (Å²) in [5, 5.41) is 6.88. The summed E-state index contributed by atoms with van der Waals surface area (Å²) in [5.41, 5.74) is 0.715. The summed E-state index contributed by atoms with van der Waals surface area (Å²) in [6.07, 6.45) is 4.56. The third kappa shape index (κ3) is 5.66. The molecular formula is C16H23N5O4S. The first-order chi connectivity index (χ1) is 12.3. The zero-order chi connectivity index (χ0) is 19.2. The number of likely N-dealkylation sites (N-methyl/N-ethyl adjacent to an activating group) is 1. The molecule has 0 radical (unpaired) electrons. The lowest BCUT2D eigenvalue weighted by atomic mass is 10.2. The van der Waals surface area contributed by atoms with E-state index in [9.17, 15) is 13.2 Å². The molecule has 0 aliphatic carbocycles. The molecular weight excluding hydrogens is 358 g/mol. The Morgan fingerprint density at radius 2 is 2.15 bits per heavy atom. The maximum absolute atomic E-state index is 12.5. The Morgan fingerprint density at radius 1 is 1.38 bits per heavy atom. The second-order valence-electron chi connectivity index (χ2n) is 5.57. The molecule has 0 aliphatic rings. The maximum Gasteiger partial charge on any atom is 0.321 e. The summed E-state index contributed by atoms with van der Waals surface area (Å²) in [5.74, 6) is 0.361. The van der Waals surface area contributed by atoms with Crippen LogP contribution < -0.4 is 14.8 Å². The molecule has 2 aromatic rings. The quantitative estimate of drug-likeness (QED) is 0.725. The van der Waals surface area contributed by atoms with Gasteiger partial charge in [-0.05, 0) is 31.2 Å². The lowest BCUT2D eigenvalue weighted by molar-refractivity contribution is 0.211. The summed E-state index contributed by atoms with van der Waals surface area (Å²) in [4.78, 5) is 14.1. The third-order valence-corrected chi connectivity index (χ3v) is 4.16. The number of hydrogen-bond acceptors (Lipinski definition) is 5. The molecule has 1 aromatic carbocycles. The van der Waals surface area contributed by atoms with Crippen LogP contribution in [0.5, 0.6) is 5.75 Å². The summed E-state index contributed by atoms with van der Waals surface area (Å²) < 4.78 is 32.2. The Bertz CT molecular complexity index is 836. The molecule has 142 valence electrons. The second kappa shape index (κ2) is 8.56. The number of amides is 2. The topological polar surface area (TPSA) is 106 Å². The average molecular weight is 381 g/mol. The van der Waals surface area contributed by atoms with E-state index >= 15 is 0 Å². The molecule has 0 spiro atoms. The SMILES string of the molecule is CCN(CCn1cccn1)C(=O)Nc1ccc(OC)c(NS(C)(=O)=O)c1. The van der Waals surface area contributed by atoms with Crippen LogP contribution in [0.25, 0.3) is 0 Å². The number of aromatic nitrogens is 2. The van der Waals surface area contributed by atoms with Gasteiger partial charge in [-0.1, -0.05) is 0 Å². The van der Waals surface area contributed by atoms with E-state index in [0.717, 1.165) is 6.26 Å². The van der Waals surface area contributed by atoms with E-state index in [1.807, 2.05) is 19.2 Å². The molecule has 0 aliphatic heterocycles. The number of rotatable bonds is 8. The molecule has 0 atom stereocenters. The Balaban J connectivity index is 2.07. The summed E-state index contributed by atoms with van der Waals surface area (Å²) in [6.45, 7) is 3.48. The largest absolute Gasteiger partial charge is 0.495 e. The van der Waals surface area contributed by atoms with Gasteiger partial charge in [-0.3, -0.25) is 9.40 Å². The van der Waals surface area contributed by atoms with Crippen molar-refractivity contribution in [3.05, 3.63) is 36.7 Å². The fraction of sp³-hybridized carbons (Fsp3) is 0.375. The second-order valence-corrected chi connectivity index (χ2v) is 7.32. The van der Waals surface area contributed by atoms with Crippen LogP contribution in [0.1, 0.15) is 6.92 Å². The average Bonchev–Trinajstić information content (AvgIpc) is 3.07. The van der Waals surface area contributed by atoms with Gasteiger partial charge in [0.25, 0.3) is 0 Å². The molecule has 1 heterocycles. The predicted molar refractivity (Wildman–Crippen MR) is 100.0 cm³/mol. The molecule has 0 unspecified atom stereocenters. The smallest absolute Gasteiger partial charge is 0.321 e. The van der Waals surface area contributed by atoms with Gasteiger partial charge >= 0.3 is 6.03 Å². The number of nitrogens with one attached hydrogen (secondary N) is 2. The third-order valence-electron chi connectivity index (χ3n) is 3.57. The molecule has 9 nitrogen and oxygen atoms in total. The zero-order valence-corrected chi connectivity index (χ0v) is 15.8. The molecule has 2 amide bonds. The van der Waals surface area contributed by atoms with Gasteiger partial charge in [0, 0.05) is 31.2 Å². The monoisotopic (exact) mass is 381 g/mol. The van der Waals surface area contributed by atoms with Crippen molar-refractivity contribution in [2.24, 2.45) is 0 Å². The number of sulfonamides is 1. The van der Waals surface area contributed by atoms with Crippen molar-refractivity contribution in [3.63, 3.8) is 0 Å². The molecule has 2 N–H and O–H groups in total. The van der Waals surface area contributed by atoms with Crippen molar-refractivity contribution in [3.8, 4) is 5.75 Å². The minimum absolute atomic E-state index is 0.257. The lowest BCUT2D eigenvalue weighted by Crippen LogP contribution is -2.37. The number of methoxy groups -OCH3 is 1. The Hall–Kier alpha value is -2.75. The van der Waals surface area contributed by atoms with E-state index in [-0.39, 0.29) is 11.7 Å². The summed E-state index contributed by atoms with van der Waals surface area (Å²) in [6, 6.07) is 6.29. The number of ether oxygens (including phenoxy) is 1. The van der Waals surface area contributed by atoms with E-state index in [0.29, 0.717) is 31.1 Å². The number of carbonyl (C=O) groups excluding carboxylic acids is 1. The van der Waals surface area contributed by atoms with Crippen molar-refractivity contribution in [1.82, 2.24) is 14.7 Å². The van der Waals surface area contributed by atoms with Crippen LogP contribution >= 0.6 is 0 Å². The van der Waals surface area contributed by atoms with Crippen molar-refractivity contribution < 1.29 is 17.9 Å². The molecule has 0 saturated heterocycles. The first kappa shape index (κ1) is 19.6. The van der Waals surface area contributed by atoms with E-state index in [1.54, 1.807) is 27.9 Å². The highest BCUT2D eigenvalue weighted by Gasteiger charge is 2.14. The van der Waals surface area contributed by atoms with Gasteiger partial charge in [0.15, 0.2) is 0 Å². The van der Waals surface area contributed by atoms with Gasteiger partial charge in [-0.15, -0.1) is 0 Å². The van der Waals surface area contributed by atoms with E-state index < -0.39 is 10.0 Å². The standard InChI is InChI=1S/C16H23N5O4S/c1-4-20(10-11-21-9-5-8-17-21)16(22)18-13-6-7-15(25-2)14(12-13)19-26(3,23)24/h5-9,12,19H,4,10-11H2,1-3H3,(H,18,22). The minimum atomic E-state index is -3.47. The van der Waals surface area contributed by atoms with Gasteiger partial charge in [-0.2, -0.15) is 5.10 Å². The molecule has 0 fully saturated rings. The molecule has 0 bridgehead atoms. The normalized spacial score (nSPS) is 11.0. The predicted octanol–water partition coefficient (Wildman–Crippen LogP) is 1.82. The van der Waals surface area contributed by atoms with Crippen LogP contribution in [0.15, 0.2) is 36.7 Å². The van der Waals surface area contributed by atoms with Crippen molar-refractivity contribution in [1.29, 1.82) is 0 Å². The fourth-order valence-electron chi connectivity index (χ4n) is 2.33. The van der Waals surface area contributed by atoms with E-state index in [1.165, 1.54) is 13.2 Å². The molecule has 0 saturated carbocycles. The number of benzene rings is 1. The van der Waals surface area contributed by atoms with Crippen LogP contribution in [0.3, 0.4) is 0 Å². The first-order valence-corrected chi connectivity index (χ1v) is 9.90. The lowest BCUT2D eigenvalue weighted by Gasteiger charge is -2.22. The number of urea groups is 1. The van der Waals surface area contributed by atoms with Crippen LogP contribution in [-0.2, 0) is 16.6 Å². The van der Waals surface area contributed by atoms with Crippen molar-refractivity contribution >= 4 is 27.4 Å². The van der Waals surface area contributed by atoms with Crippen LogP contribution in [0, 0.1) is 0 Å². The highest BCUT2D eigenvalue weighted by Crippen LogP contribution is 2.28. The van der Waals surface area contributed by atoms with E-state index in [4.69, 9.17) is 4.74 Å². The number of nitrogens with zero attached hydrogens (tertiary/aromatic N) is 3. The Morgan fingerprint density at radius 3 is 2.73 bits per heavy atom. The summed E-state index contributed by atoms with van der Waals surface area (Å²) >= 11 is 0. The Kier molecular flexibility index (Phi) is 6.45. The molecule has 2 rings (SSSR count). The van der Waals surface area contributed by atoms with Crippen LogP contribution in [-0.4, -0.2) is 55.6 Å². The molecule has 26 heavy (non-hydrogen) atoms. The molecule has 10 heteroatoms. The van der Waals surface area contributed by atoms with Gasteiger partial charge in [0.05, 0.1) is 25.6 Å². The van der Waals surface area contributed by atoms with Gasteiger partial charge < -0.3 is 15.0 Å². The van der Waals surface area contributed by atoms with Crippen molar-refractivity contribution in [2.75, 3.05) is 36.5 Å². The summed E-state index contributed by atoms with van der Waals surface area (Å²) in [7, 11) is -2.03. The number of anilines is 2. The zero-order valence-electron chi connectivity index (χ0n) is 15.0. The van der Waals surface area contributed by atoms with E-state index in [2.05, 4.69) is 15.1 Å². The minimum Gasteiger partial charge on any atom is -0.495 e.